The number of alkyl halides is 7. The second-order valence-electron chi connectivity index (χ2n) is 3.77. The summed E-state index contributed by atoms with van der Waals surface area (Å²) >= 11 is 0. The summed E-state index contributed by atoms with van der Waals surface area (Å²) in [6.45, 7) is 0.862. The number of hydrogen-bond acceptors (Lipinski definition) is 1. The highest BCUT2D eigenvalue weighted by atomic mass is 19.4. The Balaban J connectivity index is 5.08. The minimum atomic E-state index is -6.54. The summed E-state index contributed by atoms with van der Waals surface area (Å²) in [6.07, 6.45) is -10.8. The van der Waals surface area contributed by atoms with Crippen molar-refractivity contribution in [2.75, 3.05) is 6.61 Å². The van der Waals surface area contributed by atoms with E-state index in [0.717, 1.165) is 0 Å². The lowest BCUT2D eigenvalue weighted by atomic mass is 10.2. The fourth-order valence-corrected chi connectivity index (χ4v) is 1.01. The average molecular weight is 318 g/mol. The van der Waals surface area contributed by atoms with E-state index in [1.54, 1.807) is 6.92 Å². The summed E-state index contributed by atoms with van der Waals surface area (Å²) in [6, 6.07) is 0. The molecule has 0 rings (SSSR count). The van der Waals surface area contributed by atoms with Crippen LogP contribution in [0.3, 0.4) is 0 Å². The van der Waals surface area contributed by atoms with Crippen LogP contribution in [0.2, 0.25) is 0 Å². The summed E-state index contributed by atoms with van der Waals surface area (Å²) in [5.41, 5.74) is 0. The smallest absolute Gasteiger partial charge is 0.315 e. The molecule has 20 heavy (non-hydrogen) atoms. The first kappa shape index (κ1) is 19.1. The minimum Gasteiger partial charge on any atom is -0.315 e. The molecule has 0 aliphatic carbocycles. The molecule has 10 heteroatoms. The maximum atomic E-state index is 12.8. The van der Waals surface area contributed by atoms with Gasteiger partial charge in [-0.3, -0.25) is 0 Å². The van der Waals surface area contributed by atoms with Gasteiger partial charge in [0.05, 0.1) is 6.61 Å². The van der Waals surface area contributed by atoms with Crippen LogP contribution in [0.25, 0.3) is 0 Å². The average Bonchev–Trinajstić information content (AvgIpc) is 2.31. The molecule has 1 nitrogen and oxygen atoms in total. The Morgan fingerprint density at radius 3 is 1.75 bits per heavy atom. The first-order chi connectivity index (χ1) is 8.88. The van der Waals surface area contributed by atoms with E-state index in [0.29, 0.717) is 12.8 Å². The van der Waals surface area contributed by atoms with Gasteiger partial charge in [0.2, 0.25) is 11.7 Å². The molecule has 0 aliphatic rings. The third kappa shape index (κ3) is 4.57. The predicted octanol–water partition coefficient (Wildman–Crippen LogP) is 5.13. The molecule has 0 amide bonds. The lowest BCUT2D eigenvalue weighted by Crippen LogP contribution is -2.39. The molecule has 0 saturated heterocycles. The molecule has 120 valence electrons. The third-order valence-corrected chi connectivity index (χ3v) is 2.11. The molecular weight excluding hydrogens is 307 g/mol. The highest BCUT2D eigenvalue weighted by Crippen LogP contribution is 2.45. The summed E-state index contributed by atoms with van der Waals surface area (Å²) in [5, 5.41) is 0. The van der Waals surface area contributed by atoms with Crippen molar-refractivity contribution in [3.8, 4) is 0 Å². The molecule has 0 bridgehead atoms. The maximum absolute atomic E-state index is 12.8. The van der Waals surface area contributed by atoms with Gasteiger partial charge in [-0.05, 0) is 6.42 Å². The molecule has 0 unspecified atom stereocenters. The van der Waals surface area contributed by atoms with Gasteiger partial charge in [-0.2, -0.15) is 35.1 Å². The quantitative estimate of drug-likeness (QED) is 0.467. The molecule has 0 atom stereocenters. The van der Waals surface area contributed by atoms with Crippen LogP contribution in [0.5, 0.6) is 0 Å². The van der Waals surface area contributed by atoms with Crippen LogP contribution in [0.4, 0.5) is 39.5 Å². The van der Waals surface area contributed by atoms with E-state index < -0.39 is 36.5 Å². The van der Waals surface area contributed by atoms with Crippen LogP contribution in [0.1, 0.15) is 26.2 Å². The Bertz CT molecular complexity index is 345. The minimum absolute atomic E-state index is 0.0172. The summed E-state index contributed by atoms with van der Waals surface area (Å²) < 4.78 is 114. The summed E-state index contributed by atoms with van der Waals surface area (Å²) in [7, 11) is 0. The first-order valence-electron chi connectivity index (χ1n) is 5.40. The van der Waals surface area contributed by atoms with Gasteiger partial charge in [0, 0.05) is 0 Å². The van der Waals surface area contributed by atoms with Gasteiger partial charge < -0.3 is 4.74 Å². The monoisotopic (exact) mass is 318 g/mol. The number of allylic oxidation sites excluding steroid dienone is 1. The number of rotatable bonds is 7. The third-order valence-electron chi connectivity index (χ3n) is 2.11. The van der Waals surface area contributed by atoms with Gasteiger partial charge in [-0.15, -0.1) is 0 Å². The topological polar surface area (TPSA) is 9.23 Å². The summed E-state index contributed by atoms with van der Waals surface area (Å²) in [4.78, 5) is 0. The van der Waals surface area contributed by atoms with E-state index in [-0.39, 0.29) is 6.42 Å². The van der Waals surface area contributed by atoms with Gasteiger partial charge in [0.15, 0.2) is 0 Å². The maximum Gasteiger partial charge on any atom is 0.460 e. The van der Waals surface area contributed by atoms with Crippen LogP contribution >= 0.6 is 0 Å². The zero-order valence-corrected chi connectivity index (χ0v) is 10.1. The van der Waals surface area contributed by atoms with E-state index in [1.807, 2.05) is 0 Å². The van der Waals surface area contributed by atoms with Gasteiger partial charge in [-0.1, -0.05) is 19.8 Å². The van der Waals surface area contributed by atoms with E-state index in [4.69, 9.17) is 0 Å². The molecule has 0 radical (unpaired) electrons. The number of unbranched alkanes of at least 4 members (excludes halogenated alkanes) is 2. The van der Waals surface area contributed by atoms with Gasteiger partial charge in [0.25, 0.3) is 0 Å². The SMILES string of the molecule is CCCCCOC(F)(F)C(F)=C(F)C(F)(F)C(F)(F)F. The zero-order valence-electron chi connectivity index (χ0n) is 10.1. The predicted molar refractivity (Wildman–Crippen MR) is 50.7 cm³/mol. The largest absolute Gasteiger partial charge is 0.460 e. The molecule has 0 fully saturated rings. The first-order valence-corrected chi connectivity index (χ1v) is 5.40. The van der Waals surface area contributed by atoms with Gasteiger partial charge in [0.1, 0.15) is 0 Å². The molecule has 0 aromatic carbocycles. The summed E-state index contributed by atoms with van der Waals surface area (Å²) in [5.74, 6) is -13.9. The Labute approximate surface area is 108 Å². The van der Waals surface area contributed by atoms with Crippen molar-refractivity contribution in [2.24, 2.45) is 0 Å². The zero-order chi connectivity index (χ0) is 16.2. The molecule has 0 spiro atoms. The van der Waals surface area contributed by atoms with Crippen molar-refractivity contribution < 1.29 is 44.3 Å². The van der Waals surface area contributed by atoms with E-state index in [2.05, 4.69) is 4.74 Å². The second-order valence-corrected chi connectivity index (χ2v) is 3.77. The lowest BCUT2D eigenvalue weighted by Gasteiger charge is -2.21. The Morgan fingerprint density at radius 2 is 1.35 bits per heavy atom. The fraction of sp³-hybridized carbons (Fsp3) is 0.800. The molecule has 0 N–H and O–H groups in total. The van der Waals surface area contributed by atoms with Crippen LogP contribution in [0.15, 0.2) is 11.7 Å². The van der Waals surface area contributed by atoms with Gasteiger partial charge >= 0.3 is 18.2 Å². The van der Waals surface area contributed by atoms with Crippen molar-refractivity contribution in [3.05, 3.63) is 11.7 Å². The fourth-order valence-electron chi connectivity index (χ4n) is 1.01. The number of halogens is 9. The number of ether oxygens (including phenoxy) is 1. The Hall–Kier alpha value is -0.930. The lowest BCUT2D eigenvalue weighted by molar-refractivity contribution is -0.276. The van der Waals surface area contributed by atoms with Crippen LogP contribution in [-0.2, 0) is 4.74 Å². The molecule has 0 aromatic rings. The van der Waals surface area contributed by atoms with Crippen LogP contribution in [0, 0.1) is 0 Å². The highest BCUT2D eigenvalue weighted by molar-refractivity contribution is 5.16. The van der Waals surface area contributed by atoms with Crippen LogP contribution < -0.4 is 0 Å². The normalized spacial score (nSPS) is 15.3. The standard InChI is InChI=1S/C10H11F9O/c1-2-3-4-5-20-9(15,16)7(12)6(11)8(13,14)10(17,18)19/h2-5H2,1H3. The van der Waals surface area contributed by atoms with Crippen LogP contribution in [-0.4, -0.2) is 24.8 Å². The second kappa shape index (κ2) is 6.68. The molecular formula is C10H11F9O. The molecule has 0 aromatic heterocycles. The van der Waals surface area contributed by atoms with Crippen molar-refractivity contribution in [1.82, 2.24) is 0 Å². The highest BCUT2D eigenvalue weighted by Gasteiger charge is 2.64. The molecule has 0 saturated carbocycles. The number of hydrogen-bond donors (Lipinski definition) is 0. The molecule has 0 aliphatic heterocycles. The van der Waals surface area contributed by atoms with Crippen molar-refractivity contribution in [1.29, 1.82) is 0 Å². The van der Waals surface area contributed by atoms with E-state index >= 15 is 0 Å². The van der Waals surface area contributed by atoms with Crippen molar-refractivity contribution in [2.45, 2.75) is 44.4 Å². The molecule has 0 heterocycles. The van der Waals surface area contributed by atoms with Crippen molar-refractivity contribution >= 4 is 0 Å². The van der Waals surface area contributed by atoms with E-state index in [1.165, 1.54) is 0 Å². The Morgan fingerprint density at radius 1 is 0.850 bits per heavy atom. The van der Waals surface area contributed by atoms with Gasteiger partial charge in [-0.25, -0.2) is 4.39 Å². The van der Waals surface area contributed by atoms with E-state index in [9.17, 15) is 39.5 Å². The Kier molecular flexibility index (Phi) is 6.37. The van der Waals surface area contributed by atoms with Crippen molar-refractivity contribution in [3.63, 3.8) is 0 Å².